The fourth-order valence-electron chi connectivity index (χ4n) is 2.24. The quantitative estimate of drug-likeness (QED) is 0.806. The van der Waals surface area contributed by atoms with Crippen molar-refractivity contribution in [2.24, 2.45) is 0 Å². The molecule has 2 rings (SSSR count). The molecule has 1 aromatic rings. The average molecular weight is 234 g/mol. The van der Waals surface area contributed by atoms with Crippen LogP contribution in [0.3, 0.4) is 0 Å². The first kappa shape index (κ1) is 12.2. The topological polar surface area (TPSA) is 31.4 Å². The minimum atomic E-state index is 0.0731. The van der Waals surface area contributed by atoms with Crippen LogP contribution in [0.2, 0.25) is 0 Å². The summed E-state index contributed by atoms with van der Waals surface area (Å²) in [6.07, 6.45) is 1.88. The molecule has 1 N–H and O–H groups in total. The zero-order valence-corrected chi connectivity index (χ0v) is 11.4. The van der Waals surface area contributed by atoms with Crippen molar-refractivity contribution in [1.29, 1.82) is 0 Å². The summed E-state index contributed by atoms with van der Waals surface area (Å²) < 4.78 is 0. The normalized spacial score (nSPS) is 16.9. The summed E-state index contributed by atoms with van der Waals surface area (Å²) in [6, 6.07) is 2.07. The predicted molar refractivity (Wildman–Crippen MR) is 72.3 cm³/mol. The molecule has 0 saturated carbocycles. The maximum atomic E-state index is 4.48. The lowest BCUT2D eigenvalue weighted by Crippen LogP contribution is -2.39. The van der Waals surface area contributed by atoms with Gasteiger partial charge in [-0.25, -0.2) is 4.98 Å². The third-order valence-electron chi connectivity index (χ3n) is 2.79. The summed E-state index contributed by atoms with van der Waals surface area (Å²) in [7, 11) is 4.22. The molecule has 0 radical (unpaired) electrons. The van der Waals surface area contributed by atoms with Crippen molar-refractivity contribution in [3.05, 3.63) is 17.8 Å². The molecule has 17 heavy (non-hydrogen) atoms. The van der Waals surface area contributed by atoms with E-state index in [1.165, 1.54) is 11.3 Å². The molecule has 0 aliphatic carbocycles. The lowest BCUT2D eigenvalue weighted by Gasteiger charge is -2.35. The number of nitrogens with one attached hydrogen (secondary N) is 1. The van der Waals surface area contributed by atoms with Crippen LogP contribution in [-0.4, -0.2) is 36.2 Å². The number of hydrogen-bond acceptors (Lipinski definition) is 4. The molecular formula is C13H22N4. The predicted octanol–water partition coefficient (Wildman–Crippen LogP) is 2.13. The van der Waals surface area contributed by atoms with Crippen LogP contribution in [0, 0.1) is 0 Å². The molecule has 0 atom stereocenters. The van der Waals surface area contributed by atoms with Gasteiger partial charge < -0.3 is 10.2 Å². The molecule has 94 valence electrons. The Morgan fingerprint density at radius 2 is 2.00 bits per heavy atom. The Hall–Kier alpha value is -1.29. The standard InChI is InChI=1S/C13H22N4/c1-13(2,3)15-11-6-7-14-12-10(11)8-16(4)9-17(12)5/h6-7H,8-9H2,1-5H3,(H,14,15). The molecule has 2 heterocycles. The lowest BCUT2D eigenvalue weighted by molar-refractivity contribution is 0.314. The van der Waals surface area contributed by atoms with E-state index in [2.05, 4.69) is 61.0 Å². The molecule has 0 fully saturated rings. The van der Waals surface area contributed by atoms with Gasteiger partial charge in [0.25, 0.3) is 0 Å². The first-order valence-corrected chi connectivity index (χ1v) is 6.02. The van der Waals surface area contributed by atoms with Gasteiger partial charge in [0, 0.05) is 36.6 Å². The zero-order chi connectivity index (χ0) is 12.6. The molecule has 4 nitrogen and oxygen atoms in total. The summed E-state index contributed by atoms with van der Waals surface area (Å²) >= 11 is 0. The van der Waals surface area contributed by atoms with Gasteiger partial charge in [0.1, 0.15) is 5.82 Å². The van der Waals surface area contributed by atoms with Crippen molar-refractivity contribution in [1.82, 2.24) is 9.88 Å². The maximum Gasteiger partial charge on any atom is 0.135 e. The summed E-state index contributed by atoms with van der Waals surface area (Å²) in [4.78, 5) is 8.96. The molecule has 1 aromatic heterocycles. The van der Waals surface area contributed by atoms with Crippen LogP contribution in [0.15, 0.2) is 12.3 Å². The smallest absolute Gasteiger partial charge is 0.135 e. The Balaban J connectivity index is 2.38. The Kier molecular flexibility index (Phi) is 3.00. The van der Waals surface area contributed by atoms with E-state index in [-0.39, 0.29) is 5.54 Å². The largest absolute Gasteiger partial charge is 0.380 e. The Bertz CT molecular complexity index is 408. The second-order valence-electron chi connectivity index (χ2n) is 5.89. The Morgan fingerprint density at radius 3 is 2.65 bits per heavy atom. The highest BCUT2D eigenvalue weighted by Gasteiger charge is 2.22. The first-order chi connectivity index (χ1) is 7.87. The van der Waals surface area contributed by atoms with E-state index < -0.39 is 0 Å². The minimum Gasteiger partial charge on any atom is -0.380 e. The fourth-order valence-corrected chi connectivity index (χ4v) is 2.24. The minimum absolute atomic E-state index is 0.0731. The van der Waals surface area contributed by atoms with E-state index in [1.807, 2.05) is 6.20 Å². The number of nitrogens with zero attached hydrogens (tertiary/aromatic N) is 3. The molecule has 0 saturated heterocycles. The third kappa shape index (κ3) is 2.69. The van der Waals surface area contributed by atoms with Gasteiger partial charge >= 0.3 is 0 Å². The Morgan fingerprint density at radius 1 is 1.29 bits per heavy atom. The molecular weight excluding hydrogens is 212 g/mol. The van der Waals surface area contributed by atoms with Crippen LogP contribution in [0.25, 0.3) is 0 Å². The number of rotatable bonds is 1. The molecule has 0 spiro atoms. The van der Waals surface area contributed by atoms with Gasteiger partial charge in [-0.05, 0) is 33.9 Å². The molecule has 1 aliphatic heterocycles. The highest BCUT2D eigenvalue weighted by Crippen LogP contribution is 2.30. The Labute approximate surface area is 104 Å². The van der Waals surface area contributed by atoms with E-state index in [9.17, 15) is 0 Å². The van der Waals surface area contributed by atoms with E-state index in [4.69, 9.17) is 0 Å². The van der Waals surface area contributed by atoms with E-state index in [1.54, 1.807) is 0 Å². The van der Waals surface area contributed by atoms with Crippen LogP contribution >= 0.6 is 0 Å². The van der Waals surface area contributed by atoms with Gasteiger partial charge in [-0.1, -0.05) is 0 Å². The van der Waals surface area contributed by atoms with E-state index in [0.29, 0.717) is 0 Å². The second kappa shape index (κ2) is 4.18. The molecule has 0 aromatic carbocycles. The van der Waals surface area contributed by atoms with Crippen LogP contribution in [0.1, 0.15) is 26.3 Å². The fraction of sp³-hybridized carbons (Fsp3) is 0.615. The number of aromatic nitrogens is 1. The van der Waals surface area contributed by atoms with E-state index in [0.717, 1.165) is 19.0 Å². The highest BCUT2D eigenvalue weighted by atomic mass is 15.3. The van der Waals surface area contributed by atoms with Crippen LogP contribution in [0.5, 0.6) is 0 Å². The maximum absolute atomic E-state index is 4.48. The molecule has 0 amide bonds. The van der Waals surface area contributed by atoms with Gasteiger partial charge in [-0.3, -0.25) is 4.90 Å². The van der Waals surface area contributed by atoms with Crippen molar-refractivity contribution >= 4 is 11.5 Å². The number of fused-ring (bicyclic) bond motifs is 1. The van der Waals surface area contributed by atoms with Gasteiger partial charge in [-0.15, -0.1) is 0 Å². The zero-order valence-electron chi connectivity index (χ0n) is 11.4. The second-order valence-corrected chi connectivity index (χ2v) is 5.89. The lowest BCUT2D eigenvalue weighted by atomic mass is 10.1. The van der Waals surface area contributed by atoms with Crippen molar-refractivity contribution in [3.63, 3.8) is 0 Å². The SMILES string of the molecule is CN1Cc2c(NC(C)(C)C)ccnc2N(C)C1. The molecule has 1 aliphatic rings. The van der Waals surface area contributed by atoms with E-state index >= 15 is 0 Å². The van der Waals surface area contributed by atoms with Crippen LogP contribution in [-0.2, 0) is 6.54 Å². The summed E-state index contributed by atoms with van der Waals surface area (Å²) in [5, 5.41) is 3.56. The summed E-state index contributed by atoms with van der Waals surface area (Å²) in [5.41, 5.74) is 2.56. The third-order valence-corrected chi connectivity index (χ3v) is 2.79. The van der Waals surface area contributed by atoms with Crippen molar-refractivity contribution in [2.75, 3.05) is 31.0 Å². The highest BCUT2D eigenvalue weighted by molar-refractivity contribution is 5.64. The van der Waals surface area contributed by atoms with Crippen LogP contribution in [0.4, 0.5) is 11.5 Å². The van der Waals surface area contributed by atoms with Crippen LogP contribution < -0.4 is 10.2 Å². The monoisotopic (exact) mass is 234 g/mol. The van der Waals surface area contributed by atoms with Gasteiger partial charge in [0.05, 0.1) is 6.67 Å². The molecule has 0 unspecified atom stereocenters. The number of hydrogen-bond donors (Lipinski definition) is 1. The first-order valence-electron chi connectivity index (χ1n) is 6.02. The van der Waals surface area contributed by atoms with Crippen molar-refractivity contribution in [2.45, 2.75) is 32.9 Å². The van der Waals surface area contributed by atoms with Gasteiger partial charge in [0.15, 0.2) is 0 Å². The van der Waals surface area contributed by atoms with Gasteiger partial charge in [0.2, 0.25) is 0 Å². The molecule has 0 bridgehead atoms. The average Bonchev–Trinajstić information content (AvgIpc) is 2.17. The van der Waals surface area contributed by atoms with Gasteiger partial charge in [-0.2, -0.15) is 0 Å². The number of pyridine rings is 1. The molecule has 4 heteroatoms. The number of anilines is 2. The summed E-state index contributed by atoms with van der Waals surface area (Å²) in [6.45, 7) is 8.41. The van der Waals surface area contributed by atoms with Crippen molar-refractivity contribution in [3.8, 4) is 0 Å². The summed E-state index contributed by atoms with van der Waals surface area (Å²) in [5.74, 6) is 1.09. The van der Waals surface area contributed by atoms with Crippen molar-refractivity contribution < 1.29 is 0 Å².